The molecule has 0 aliphatic carbocycles. The van der Waals surface area contributed by atoms with Crippen LogP contribution >= 0.6 is 0 Å². The van der Waals surface area contributed by atoms with E-state index in [0.717, 1.165) is 17.8 Å². The van der Waals surface area contributed by atoms with Crippen molar-refractivity contribution in [3.8, 4) is 11.5 Å². The summed E-state index contributed by atoms with van der Waals surface area (Å²) in [6, 6.07) is 7.54. The number of carbonyl (C=O) groups excluding carboxylic acids is 1. The lowest BCUT2D eigenvalue weighted by Gasteiger charge is -2.33. The Morgan fingerprint density at radius 2 is 1.91 bits per heavy atom. The fraction of sp³-hybridized carbons (Fsp3) is 0.292. The molecule has 0 bridgehead atoms. The van der Waals surface area contributed by atoms with Gasteiger partial charge >= 0.3 is 6.18 Å². The molecule has 1 amide bonds. The van der Waals surface area contributed by atoms with Crippen molar-refractivity contribution in [3.63, 3.8) is 0 Å². The van der Waals surface area contributed by atoms with Gasteiger partial charge in [0.1, 0.15) is 17.2 Å². The van der Waals surface area contributed by atoms with Gasteiger partial charge in [-0.3, -0.25) is 4.79 Å². The van der Waals surface area contributed by atoms with Crippen molar-refractivity contribution in [3.05, 3.63) is 77.9 Å². The van der Waals surface area contributed by atoms with Crippen LogP contribution in [0.15, 0.2) is 61.1 Å². The van der Waals surface area contributed by atoms with Gasteiger partial charge in [-0.1, -0.05) is 18.2 Å². The largest absolute Gasteiger partial charge is 0.417 e. The summed E-state index contributed by atoms with van der Waals surface area (Å²) in [7, 11) is 0. The number of amides is 1. The van der Waals surface area contributed by atoms with Crippen molar-refractivity contribution in [2.24, 2.45) is 0 Å². The van der Waals surface area contributed by atoms with Crippen LogP contribution in [0.3, 0.4) is 0 Å². The minimum Gasteiger partial charge on any atom is -0.370 e. The van der Waals surface area contributed by atoms with Gasteiger partial charge in [0.25, 0.3) is 5.91 Å². The number of hydrogen-bond donors (Lipinski definition) is 1. The summed E-state index contributed by atoms with van der Waals surface area (Å²) in [6.45, 7) is 2.74. The van der Waals surface area contributed by atoms with Crippen LogP contribution in [0.2, 0.25) is 0 Å². The number of hydrogen-bond acceptors (Lipinski definition) is 6. The second-order valence-electron chi connectivity index (χ2n) is 7.90. The topological polar surface area (TPSA) is 83.9 Å². The van der Waals surface area contributed by atoms with E-state index in [2.05, 4.69) is 25.3 Å². The molecule has 10 heteroatoms. The predicted molar refractivity (Wildman–Crippen MR) is 121 cm³/mol. The number of carbonyl (C=O) groups is 1. The first kappa shape index (κ1) is 23.3. The number of nitrogens with one attached hydrogen (secondary N) is 1. The van der Waals surface area contributed by atoms with Gasteiger partial charge in [0.2, 0.25) is 0 Å². The van der Waals surface area contributed by atoms with E-state index in [0.29, 0.717) is 49.0 Å². The highest BCUT2D eigenvalue weighted by Crippen LogP contribution is 2.29. The second kappa shape index (κ2) is 9.98. The molecule has 1 N–H and O–H groups in total. The number of aryl methyl sites for hydroxylation is 1. The number of aromatic nitrogens is 4. The lowest BCUT2D eigenvalue weighted by atomic mass is 10.0. The maximum atomic E-state index is 13.4. The van der Waals surface area contributed by atoms with Gasteiger partial charge < -0.3 is 10.2 Å². The van der Waals surface area contributed by atoms with Crippen LogP contribution in [0, 0.1) is 6.92 Å². The van der Waals surface area contributed by atoms with Crippen LogP contribution in [0.25, 0.3) is 11.5 Å². The number of nitrogens with zero attached hydrogens (tertiary/aromatic N) is 5. The van der Waals surface area contributed by atoms with Crippen molar-refractivity contribution in [1.82, 2.24) is 24.8 Å². The highest BCUT2D eigenvalue weighted by atomic mass is 19.4. The minimum absolute atomic E-state index is 0.0859. The van der Waals surface area contributed by atoms with E-state index in [9.17, 15) is 18.0 Å². The van der Waals surface area contributed by atoms with Crippen molar-refractivity contribution < 1.29 is 18.0 Å². The number of alkyl halides is 3. The molecule has 4 rings (SSSR count). The van der Waals surface area contributed by atoms with Crippen LogP contribution in [-0.2, 0) is 6.18 Å². The van der Waals surface area contributed by atoms with Crippen LogP contribution < -0.4 is 5.32 Å². The summed E-state index contributed by atoms with van der Waals surface area (Å²) in [5, 5.41) is 3.04. The Balaban J connectivity index is 1.44. The van der Waals surface area contributed by atoms with E-state index in [4.69, 9.17) is 0 Å². The van der Waals surface area contributed by atoms with Crippen molar-refractivity contribution in [2.45, 2.75) is 32.0 Å². The maximum Gasteiger partial charge on any atom is 0.417 e. The van der Waals surface area contributed by atoms with Crippen molar-refractivity contribution in [2.75, 3.05) is 18.4 Å². The summed E-state index contributed by atoms with van der Waals surface area (Å²) >= 11 is 0. The first-order valence-electron chi connectivity index (χ1n) is 10.8. The summed E-state index contributed by atoms with van der Waals surface area (Å²) in [4.78, 5) is 32.0. The molecule has 0 radical (unpaired) electrons. The quantitative estimate of drug-likeness (QED) is 0.535. The molecule has 1 aliphatic heterocycles. The van der Waals surface area contributed by atoms with E-state index in [1.54, 1.807) is 29.4 Å². The monoisotopic (exact) mass is 468 g/mol. The minimum atomic E-state index is -4.42. The third kappa shape index (κ3) is 5.38. The second-order valence-corrected chi connectivity index (χ2v) is 7.90. The normalized spacial score (nSPS) is 15.9. The van der Waals surface area contributed by atoms with Crippen LogP contribution in [0.5, 0.6) is 0 Å². The standard InChI is InChI=1S/C24H23F3N6O/c1-16-6-8-19(22-29-11-4-12-30-22)32-21(16)23(34)33-14-3-2-5-18(33)10-13-28-20-9-7-17(15-31-20)24(25,26)27/h2-4,6-9,11-12,15,18H,5,10,13-14H2,1H3,(H,28,31)/t18-/m0/s1. The highest BCUT2D eigenvalue weighted by Gasteiger charge is 2.31. The zero-order chi connectivity index (χ0) is 24.1. The molecule has 0 saturated heterocycles. The molecule has 0 aromatic carbocycles. The molecule has 0 spiro atoms. The van der Waals surface area contributed by atoms with Crippen LogP contribution in [0.4, 0.5) is 19.0 Å². The zero-order valence-electron chi connectivity index (χ0n) is 18.5. The first-order chi connectivity index (χ1) is 16.3. The Kier molecular flexibility index (Phi) is 6.85. The molecular formula is C24H23F3N6O. The van der Waals surface area contributed by atoms with Crippen molar-refractivity contribution in [1.29, 1.82) is 0 Å². The fourth-order valence-corrected chi connectivity index (χ4v) is 3.71. The Bertz CT molecular complexity index is 1170. The van der Waals surface area contributed by atoms with Gasteiger partial charge in [-0.25, -0.2) is 19.9 Å². The van der Waals surface area contributed by atoms with E-state index < -0.39 is 11.7 Å². The third-order valence-electron chi connectivity index (χ3n) is 5.55. The van der Waals surface area contributed by atoms with Gasteiger partial charge in [0, 0.05) is 37.7 Å². The molecule has 176 valence electrons. The van der Waals surface area contributed by atoms with Gasteiger partial charge in [0.05, 0.1) is 5.56 Å². The summed E-state index contributed by atoms with van der Waals surface area (Å²) in [5.74, 6) is 0.613. The molecule has 1 aliphatic rings. The maximum absolute atomic E-state index is 13.4. The average Bonchev–Trinajstić information content (AvgIpc) is 2.84. The van der Waals surface area contributed by atoms with E-state index in [1.807, 2.05) is 25.1 Å². The molecular weight excluding hydrogens is 445 g/mol. The smallest absolute Gasteiger partial charge is 0.370 e. The summed E-state index contributed by atoms with van der Waals surface area (Å²) in [6.07, 6.45) is 4.87. The molecule has 0 saturated carbocycles. The van der Waals surface area contributed by atoms with Gasteiger partial charge in [-0.15, -0.1) is 0 Å². The number of halogens is 3. The molecule has 1 atom stereocenters. The van der Waals surface area contributed by atoms with Gasteiger partial charge in [-0.2, -0.15) is 13.2 Å². The Morgan fingerprint density at radius 1 is 1.12 bits per heavy atom. The van der Waals surface area contributed by atoms with E-state index >= 15 is 0 Å². The molecule has 0 unspecified atom stereocenters. The number of pyridine rings is 2. The SMILES string of the molecule is Cc1ccc(-c2ncccn2)nc1C(=O)N1CC=CC[C@H]1CCNc1ccc(C(F)(F)F)cn1. The van der Waals surface area contributed by atoms with Gasteiger partial charge in [-0.05, 0) is 49.6 Å². The number of anilines is 1. The van der Waals surface area contributed by atoms with Crippen LogP contribution in [-0.4, -0.2) is 49.9 Å². The molecule has 4 heterocycles. The fourth-order valence-electron chi connectivity index (χ4n) is 3.71. The predicted octanol–water partition coefficient (Wildman–Crippen LogP) is 4.53. The Hall–Kier alpha value is -3.82. The van der Waals surface area contributed by atoms with Gasteiger partial charge in [0.15, 0.2) is 5.82 Å². The van der Waals surface area contributed by atoms with Crippen LogP contribution in [0.1, 0.15) is 34.5 Å². The Labute approximate surface area is 194 Å². The first-order valence-corrected chi connectivity index (χ1v) is 10.8. The average molecular weight is 468 g/mol. The molecule has 34 heavy (non-hydrogen) atoms. The highest BCUT2D eigenvalue weighted by molar-refractivity contribution is 5.94. The molecule has 3 aromatic heterocycles. The van der Waals surface area contributed by atoms with E-state index in [1.165, 1.54) is 6.07 Å². The summed E-state index contributed by atoms with van der Waals surface area (Å²) < 4.78 is 38.1. The summed E-state index contributed by atoms with van der Waals surface area (Å²) in [5.41, 5.74) is 0.833. The lowest BCUT2D eigenvalue weighted by molar-refractivity contribution is -0.137. The number of rotatable bonds is 6. The van der Waals surface area contributed by atoms with E-state index in [-0.39, 0.29) is 11.9 Å². The molecule has 7 nitrogen and oxygen atoms in total. The van der Waals surface area contributed by atoms with Crippen molar-refractivity contribution >= 4 is 11.7 Å². The zero-order valence-corrected chi connectivity index (χ0v) is 18.5. The Morgan fingerprint density at radius 3 is 2.62 bits per heavy atom. The molecule has 0 fully saturated rings. The third-order valence-corrected chi connectivity index (χ3v) is 5.55. The lowest BCUT2D eigenvalue weighted by Crippen LogP contribution is -2.43. The molecule has 3 aromatic rings.